The highest BCUT2D eigenvalue weighted by Gasteiger charge is 2.59. The average Bonchev–Trinajstić information content (AvgIpc) is 3.13. The molecule has 36 heavy (non-hydrogen) atoms. The quantitative estimate of drug-likeness (QED) is 0.183. The highest BCUT2D eigenvalue weighted by atomic mass is 28.4. The molecule has 4 aliphatic rings. The van der Waals surface area contributed by atoms with E-state index in [1.54, 1.807) is 5.57 Å². The minimum absolute atomic E-state index is 0.279. The molecule has 0 amide bonds. The number of allylic oxidation sites excluding steroid dienone is 1. The van der Waals surface area contributed by atoms with Crippen molar-refractivity contribution in [3.63, 3.8) is 0 Å². The monoisotopic (exact) mass is 514 g/mol. The summed E-state index contributed by atoms with van der Waals surface area (Å²) in [4.78, 5) is 12.3. The zero-order valence-electron chi connectivity index (χ0n) is 25.3. The molecular weight excluding hydrogens is 456 g/mol. The van der Waals surface area contributed by atoms with Crippen molar-refractivity contribution in [1.29, 1.82) is 0 Å². The summed E-state index contributed by atoms with van der Waals surface area (Å²) in [5.41, 5.74) is 2.47. The Kier molecular flexibility index (Phi) is 8.17. The Balaban J connectivity index is 1.47. The fourth-order valence-corrected chi connectivity index (χ4v) is 10.6. The van der Waals surface area contributed by atoms with Gasteiger partial charge in [0.1, 0.15) is 6.29 Å². The van der Waals surface area contributed by atoms with E-state index in [-0.39, 0.29) is 11.0 Å². The average molecular weight is 515 g/mol. The Bertz CT molecular complexity index is 822. The molecular formula is C33H58O2Si. The van der Waals surface area contributed by atoms with Gasteiger partial charge < -0.3 is 9.22 Å². The van der Waals surface area contributed by atoms with Gasteiger partial charge in [-0.2, -0.15) is 0 Å². The highest BCUT2D eigenvalue weighted by Crippen LogP contribution is 2.67. The molecule has 0 aromatic heterocycles. The topological polar surface area (TPSA) is 26.3 Å². The maximum absolute atomic E-state index is 12.3. The fourth-order valence-electron chi connectivity index (χ4n) is 9.19. The van der Waals surface area contributed by atoms with Crippen LogP contribution in [0.5, 0.6) is 0 Å². The van der Waals surface area contributed by atoms with E-state index in [2.05, 4.69) is 67.6 Å². The van der Waals surface area contributed by atoms with Crippen molar-refractivity contribution in [2.75, 3.05) is 0 Å². The lowest BCUT2D eigenvalue weighted by molar-refractivity contribution is -0.116. The van der Waals surface area contributed by atoms with Crippen molar-refractivity contribution < 1.29 is 9.22 Å². The van der Waals surface area contributed by atoms with Gasteiger partial charge in [-0.1, -0.05) is 73.0 Å². The molecule has 0 bridgehead atoms. The number of carbonyl (C=O) groups is 1. The second-order valence-electron chi connectivity index (χ2n) is 15.9. The second kappa shape index (κ2) is 10.3. The first-order chi connectivity index (χ1) is 16.7. The minimum Gasteiger partial charge on any atom is -0.414 e. The van der Waals surface area contributed by atoms with Crippen LogP contribution in [0.15, 0.2) is 11.6 Å². The molecule has 0 unspecified atom stereocenters. The third-order valence-corrected chi connectivity index (χ3v) is 16.9. The third-order valence-electron chi connectivity index (χ3n) is 12.4. The van der Waals surface area contributed by atoms with E-state index in [0.29, 0.717) is 22.9 Å². The van der Waals surface area contributed by atoms with Crippen molar-refractivity contribution in [2.45, 2.75) is 143 Å². The molecule has 4 aliphatic carbocycles. The molecule has 3 fully saturated rings. The lowest BCUT2D eigenvalue weighted by Crippen LogP contribution is -2.52. The molecule has 3 saturated carbocycles. The molecule has 0 heterocycles. The minimum atomic E-state index is -1.73. The van der Waals surface area contributed by atoms with Gasteiger partial charge >= 0.3 is 0 Å². The summed E-state index contributed by atoms with van der Waals surface area (Å²) < 4.78 is 6.92. The summed E-state index contributed by atoms with van der Waals surface area (Å²) in [6.45, 7) is 21.8. The molecule has 0 saturated heterocycles. The van der Waals surface area contributed by atoms with E-state index in [4.69, 9.17) is 4.43 Å². The van der Waals surface area contributed by atoms with Gasteiger partial charge in [-0.15, -0.1) is 0 Å². The van der Waals surface area contributed by atoms with Crippen molar-refractivity contribution in [2.24, 2.45) is 46.3 Å². The lowest BCUT2D eigenvalue weighted by atomic mass is 9.47. The normalized spacial score (nSPS) is 39.7. The Morgan fingerprint density at radius 1 is 1.06 bits per heavy atom. The van der Waals surface area contributed by atoms with Crippen LogP contribution in [0, 0.1) is 46.3 Å². The summed E-state index contributed by atoms with van der Waals surface area (Å²) in [5, 5.41) is 0.279. The Hall–Kier alpha value is -0.413. The number of carbonyl (C=O) groups excluding carboxylic acids is 1. The maximum Gasteiger partial charge on any atom is 0.192 e. The molecule has 206 valence electrons. The summed E-state index contributed by atoms with van der Waals surface area (Å²) >= 11 is 0. The standard InChI is InChI=1S/C33H58O2Si/c1-23(2)11-10-12-24(22-34)28-15-16-29-27-14-13-25-21-26(35-36(8,9)31(3,4)5)17-19-32(25,6)30(27)18-20-33(28,29)7/h13,22-24,26-30H,10-12,14-21H2,1-9H3/t24-,26-,27-,28+,29-,30-,32-,33+/m0/s1. The lowest BCUT2D eigenvalue weighted by Gasteiger charge is -2.59. The number of aldehydes is 1. The van der Waals surface area contributed by atoms with E-state index in [0.717, 1.165) is 30.1 Å². The van der Waals surface area contributed by atoms with E-state index in [9.17, 15) is 4.79 Å². The predicted molar refractivity (Wildman–Crippen MR) is 156 cm³/mol. The van der Waals surface area contributed by atoms with Crippen LogP contribution in [0.25, 0.3) is 0 Å². The summed E-state index contributed by atoms with van der Waals surface area (Å²) in [6.07, 6.45) is 18.4. The zero-order valence-corrected chi connectivity index (χ0v) is 26.3. The van der Waals surface area contributed by atoms with Crippen LogP contribution < -0.4 is 0 Å². The summed E-state index contributed by atoms with van der Waals surface area (Å²) in [5.74, 6) is 4.10. The van der Waals surface area contributed by atoms with Gasteiger partial charge in [0.25, 0.3) is 0 Å². The zero-order chi connectivity index (χ0) is 26.5. The highest BCUT2D eigenvalue weighted by molar-refractivity contribution is 6.74. The molecule has 0 aromatic carbocycles. The van der Waals surface area contributed by atoms with Crippen LogP contribution in [-0.2, 0) is 9.22 Å². The number of hydrogen-bond donors (Lipinski definition) is 0. The van der Waals surface area contributed by atoms with Crippen LogP contribution >= 0.6 is 0 Å². The fraction of sp³-hybridized carbons (Fsp3) is 0.909. The molecule has 0 spiro atoms. The van der Waals surface area contributed by atoms with Gasteiger partial charge in [-0.05, 0) is 116 Å². The molecule has 2 nitrogen and oxygen atoms in total. The maximum atomic E-state index is 12.3. The summed E-state index contributed by atoms with van der Waals surface area (Å²) in [7, 11) is -1.73. The Labute approximate surface area is 224 Å². The smallest absolute Gasteiger partial charge is 0.192 e. The second-order valence-corrected chi connectivity index (χ2v) is 20.6. The number of fused-ring (bicyclic) bond motifs is 5. The number of hydrogen-bond acceptors (Lipinski definition) is 2. The van der Waals surface area contributed by atoms with Crippen molar-refractivity contribution in [3.05, 3.63) is 11.6 Å². The van der Waals surface area contributed by atoms with E-state index in [1.807, 2.05) is 0 Å². The molecule has 0 aliphatic heterocycles. The van der Waals surface area contributed by atoms with Gasteiger partial charge in [0.15, 0.2) is 8.32 Å². The molecule has 0 N–H and O–H groups in total. The van der Waals surface area contributed by atoms with Gasteiger partial charge in [0.2, 0.25) is 0 Å². The van der Waals surface area contributed by atoms with Crippen LogP contribution in [0.4, 0.5) is 0 Å². The Morgan fingerprint density at radius 3 is 2.42 bits per heavy atom. The molecule has 0 aromatic rings. The van der Waals surface area contributed by atoms with Crippen LogP contribution in [0.3, 0.4) is 0 Å². The first-order valence-electron chi connectivity index (χ1n) is 15.6. The van der Waals surface area contributed by atoms with Crippen molar-refractivity contribution in [1.82, 2.24) is 0 Å². The van der Waals surface area contributed by atoms with E-state index in [1.165, 1.54) is 70.5 Å². The SMILES string of the molecule is CC(C)CCC[C@@H](C=O)[C@H]1CC[C@H]2[C@@H]3CC=C4C[C@@H](O[Si](C)(C)C(C)(C)C)CC[C@]4(C)[C@H]3CC[C@]12C. The van der Waals surface area contributed by atoms with E-state index >= 15 is 0 Å². The first-order valence-corrected chi connectivity index (χ1v) is 18.5. The molecule has 8 atom stereocenters. The molecule has 4 rings (SSSR count). The first kappa shape index (κ1) is 28.6. The van der Waals surface area contributed by atoms with Crippen LogP contribution in [0.1, 0.15) is 119 Å². The number of rotatable bonds is 8. The van der Waals surface area contributed by atoms with Crippen LogP contribution in [0.2, 0.25) is 18.1 Å². The van der Waals surface area contributed by atoms with Crippen LogP contribution in [-0.4, -0.2) is 20.7 Å². The van der Waals surface area contributed by atoms with Crippen molar-refractivity contribution in [3.8, 4) is 0 Å². The van der Waals surface area contributed by atoms with Gasteiger partial charge in [0.05, 0.1) is 0 Å². The van der Waals surface area contributed by atoms with E-state index < -0.39 is 8.32 Å². The summed E-state index contributed by atoms with van der Waals surface area (Å²) in [6, 6.07) is 0. The van der Waals surface area contributed by atoms with Gasteiger partial charge in [0, 0.05) is 12.0 Å². The largest absolute Gasteiger partial charge is 0.414 e. The third kappa shape index (κ3) is 5.10. The van der Waals surface area contributed by atoms with Gasteiger partial charge in [-0.25, -0.2) is 0 Å². The predicted octanol–water partition coefficient (Wildman–Crippen LogP) is 9.60. The Morgan fingerprint density at radius 2 is 1.78 bits per heavy atom. The van der Waals surface area contributed by atoms with Crippen molar-refractivity contribution >= 4 is 14.6 Å². The molecule has 3 heteroatoms. The molecule has 0 radical (unpaired) electrons. The van der Waals surface area contributed by atoms with Gasteiger partial charge in [-0.3, -0.25) is 0 Å².